The minimum atomic E-state index is -0.934. The van der Waals surface area contributed by atoms with Crippen LogP contribution in [0.25, 0.3) is 4.96 Å². The molecule has 1 saturated carbocycles. The van der Waals surface area contributed by atoms with Crippen LogP contribution in [-0.4, -0.2) is 32.9 Å². The molecule has 0 spiro atoms. The fourth-order valence-corrected chi connectivity index (χ4v) is 4.30. The third-order valence-electron chi connectivity index (χ3n) is 5.11. The van der Waals surface area contributed by atoms with Gasteiger partial charge in [0.1, 0.15) is 5.56 Å². The number of carboxylic acid groups (broad SMARTS) is 1. The highest BCUT2D eigenvalue weighted by Gasteiger charge is 2.40. The topological polar surface area (TPSA) is 101 Å². The van der Waals surface area contributed by atoms with E-state index in [4.69, 9.17) is 0 Å². The van der Waals surface area contributed by atoms with E-state index in [1.165, 1.54) is 21.9 Å². The number of hydrogen-bond acceptors (Lipinski definition) is 5. The SMILES string of the molecule is Cc1sc2ncc(C(=O)NCC3(C(=O)O)CCCCC3)c(=O)n2c1C. The Morgan fingerprint density at radius 3 is 2.64 bits per heavy atom. The van der Waals surface area contributed by atoms with Gasteiger partial charge in [0.2, 0.25) is 0 Å². The van der Waals surface area contributed by atoms with Gasteiger partial charge in [-0.3, -0.25) is 18.8 Å². The molecule has 1 fully saturated rings. The zero-order valence-electron chi connectivity index (χ0n) is 14.3. The predicted molar refractivity (Wildman–Crippen MR) is 94.3 cm³/mol. The number of carbonyl (C=O) groups is 2. The maximum absolute atomic E-state index is 12.6. The zero-order valence-corrected chi connectivity index (χ0v) is 15.1. The predicted octanol–water partition coefficient (Wildman–Crippen LogP) is 2.14. The summed E-state index contributed by atoms with van der Waals surface area (Å²) in [5.74, 6) is -1.46. The van der Waals surface area contributed by atoms with Crippen LogP contribution in [0.1, 0.15) is 53.0 Å². The Morgan fingerprint density at radius 2 is 2.00 bits per heavy atom. The zero-order chi connectivity index (χ0) is 18.2. The normalized spacial score (nSPS) is 16.7. The van der Waals surface area contributed by atoms with Crippen LogP contribution in [0.5, 0.6) is 0 Å². The molecule has 2 N–H and O–H groups in total. The Morgan fingerprint density at radius 1 is 1.32 bits per heavy atom. The standard InChI is InChI=1S/C17H21N3O4S/c1-10-11(2)25-16-18-8-12(14(22)20(10)16)13(21)19-9-17(15(23)24)6-4-3-5-7-17/h8H,3-7,9H2,1-2H3,(H,19,21)(H,23,24). The Bertz CT molecular complexity index is 893. The van der Waals surface area contributed by atoms with E-state index in [9.17, 15) is 19.5 Å². The van der Waals surface area contributed by atoms with Gasteiger partial charge in [0, 0.05) is 23.3 Å². The number of aliphatic carboxylic acids is 1. The molecule has 1 amide bonds. The number of hydrogen-bond donors (Lipinski definition) is 2. The molecular weight excluding hydrogens is 342 g/mol. The van der Waals surface area contributed by atoms with Crippen LogP contribution in [-0.2, 0) is 4.79 Å². The molecule has 0 aromatic carbocycles. The van der Waals surface area contributed by atoms with Crippen molar-refractivity contribution in [3.8, 4) is 0 Å². The van der Waals surface area contributed by atoms with Gasteiger partial charge < -0.3 is 10.4 Å². The van der Waals surface area contributed by atoms with Crippen molar-refractivity contribution in [3.05, 3.63) is 32.7 Å². The first-order chi connectivity index (χ1) is 11.9. The maximum Gasteiger partial charge on any atom is 0.311 e. The molecule has 25 heavy (non-hydrogen) atoms. The van der Waals surface area contributed by atoms with Crippen molar-refractivity contribution in [2.45, 2.75) is 46.0 Å². The van der Waals surface area contributed by atoms with Crippen LogP contribution < -0.4 is 10.9 Å². The van der Waals surface area contributed by atoms with Gasteiger partial charge in [-0.1, -0.05) is 19.3 Å². The van der Waals surface area contributed by atoms with Crippen molar-refractivity contribution < 1.29 is 14.7 Å². The second kappa shape index (κ2) is 6.59. The lowest BCUT2D eigenvalue weighted by molar-refractivity contribution is -0.150. The summed E-state index contributed by atoms with van der Waals surface area (Å²) in [6.45, 7) is 3.74. The number of aryl methyl sites for hydroxylation is 2. The van der Waals surface area contributed by atoms with E-state index in [-0.39, 0.29) is 12.1 Å². The van der Waals surface area contributed by atoms with Gasteiger partial charge in [-0.15, -0.1) is 11.3 Å². The highest BCUT2D eigenvalue weighted by molar-refractivity contribution is 7.17. The summed E-state index contributed by atoms with van der Waals surface area (Å²) >= 11 is 1.40. The average Bonchev–Trinajstić information content (AvgIpc) is 2.89. The van der Waals surface area contributed by atoms with E-state index in [2.05, 4.69) is 10.3 Å². The molecule has 0 unspecified atom stereocenters. The van der Waals surface area contributed by atoms with E-state index in [0.29, 0.717) is 17.8 Å². The molecule has 0 radical (unpaired) electrons. The van der Waals surface area contributed by atoms with Gasteiger partial charge >= 0.3 is 5.97 Å². The van der Waals surface area contributed by atoms with Crippen LogP contribution >= 0.6 is 11.3 Å². The molecule has 0 bridgehead atoms. The van der Waals surface area contributed by atoms with Crippen molar-refractivity contribution in [1.82, 2.24) is 14.7 Å². The first-order valence-corrected chi connectivity index (χ1v) is 9.17. The van der Waals surface area contributed by atoms with Crippen LogP contribution in [0.15, 0.2) is 11.0 Å². The summed E-state index contributed by atoms with van der Waals surface area (Å²) in [5.41, 5.74) is -0.648. The lowest BCUT2D eigenvalue weighted by Crippen LogP contribution is -2.45. The third kappa shape index (κ3) is 3.06. The number of amides is 1. The average molecular weight is 363 g/mol. The number of nitrogens with zero attached hydrogens (tertiary/aromatic N) is 2. The Hall–Kier alpha value is -2.22. The summed E-state index contributed by atoms with van der Waals surface area (Å²) in [6.07, 6.45) is 5.05. The van der Waals surface area contributed by atoms with E-state index < -0.39 is 22.9 Å². The number of fused-ring (bicyclic) bond motifs is 1. The third-order valence-corrected chi connectivity index (χ3v) is 6.19. The van der Waals surface area contributed by atoms with Crippen molar-refractivity contribution >= 4 is 28.2 Å². The molecule has 7 nitrogen and oxygen atoms in total. The van der Waals surface area contributed by atoms with Crippen LogP contribution in [0, 0.1) is 19.3 Å². The Labute approximate surface area is 148 Å². The highest BCUT2D eigenvalue weighted by atomic mass is 32.1. The summed E-state index contributed by atoms with van der Waals surface area (Å²) in [4.78, 5) is 42.5. The number of thiazole rings is 1. The van der Waals surface area contributed by atoms with Crippen molar-refractivity contribution in [3.63, 3.8) is 0 Å². The molecule has 2 aromatic rings. The summed E-state index contributed by atoms with van der Waals surface area (Å²) in [5, 5.41) is 12.2. The smallest absolute Gasteiger partial charge is 0.311 e. The second-order valence-electron chi connectivity index (χ2n) is 6.67. The van der Waals surface area contributed by atoms with Crippen LogP contribution in [0.3, 0.4) is 0 Å². The fraction of sp³-hybridized carbons (Fsp3) is 0.529. The largest absolute Gasteiger partial charge is 0.481 e. The molecule has 0 saturated heterocycles. The fourth-order valence-electron chi connectivity index (χ4n) is 3.37. The molecule has 2 heterocycles. The van der Waals surface area contributed by atoms with E-state index >= 15 is 0 Å². The lowest BCUT2D eigenvalue weighted by Gasteiger charge is -2.33. The second-order valence-corrected chi connectivity index (χ2v) is 7.85. The first kappa shape index (κ1) is 17.6. The molecule has 1 aliphatic rings. The first-order valence-electron chi connectivity index (χ1n) is 8.35. The van der Waals surface area contributed by atoms with E-state index in [1.807, 2.05) is 13.8 Å². The number of rotatable bonds is 4. The van der Waals surface area contributed by atoms with E-state index in [0.717, 1.165) is 29.8 Å². The van der Waals surface area contributed by atoms with Gasteiger partial charge in [-0.25, -0.2) is 4.98 Å². The number of aromatic nitrogens is 2. The summed E-state index contributed by atoms with van der Waals surface area (Å²) in [7, 11) is 0. The van der Waals surface area contributed by atoms with Gasteiger partial charge in [-0.2, -0.15) is 0 Å². The van der Waals surface area contributed by atoms with Crippen LogP contribution in [0.2, 0.25) is 0 Å². The molecule has 0 atom stereocenters. The number of carbonyl (C=O) groups excluding carboxylic acids is 1. The van der Waals surface area contributed by atoms with Gasteiger partial charge in [0.15, 0.2) is 4.96 Å². The summed E-state index contributed by atoms with van der Waals surface area (Å²) < 4.78 is 1.43. The van der Waals surface area contributed by atoms with Gasteiger partial charge in [0.25, 0.3) is 11.5 Å². The van der Waals surface area contributed by atoms with Crippen molar-refractivity contribution in [1.29, 1.82) is 0 Å². The van der Waals surface area contributed by atoms with Crippen LogP contribution in [0.4, 0.5) is 0 Å². The number of nitrogens with one attached hydrogen (secondary N) is 1. The number of carboxylic acids is 1. The van der Waals surface area contributed by atoms with Crippen molar-refractivity contribution in [2.24, 2.45) is 5.41 Å². The molecule has 3 rings (SSSR count). The Kier molecular flexibility index (Phi) is 4.64. The van der Waals surface area contributed by atoms with Gasteiger partial charge in [0.05, 0.1) is 5.41 Å². The summed E-state index contributed by atoms with van der Waals surface area (Å²) in [6, 6.07) is 0. The molecular formula is C17H21N3O4S. The van der Waals surface area contributed by atoms with Gasteiger partial charge in [-0.05, 0) is 26.7 Å². The minimum absolute atomic E-state index is 0.0327. The van der Waals surface area contributed by atoms with E-state index in [1.54, 1.807) is 0 Å². The highest BCUT2D eigenvalue weighted by Crippen LogP contribution is 2.36. The quantitative estimate of drug-likeness (QED) is 0.867. The Balaban J connectivity index is 1.85. The molecule has 2 aromatic heterocycles. The molecule has 0 aliphatic heterocycles. The minimum Gasteiger partial charge on any atom is -0.481 e. The lowest BCUT2D eigenvalue weighted by atomic mass is 9.74. The molecule has 8 heteroatoms. The molecule has 1 aliphatic carbocycles. The molecule has 134 valence electrons. The monoisotopic (exact) mass is 363 g/mol. The van der Waals surface area contributed by atoms with Crippen molar-refractivity contribution in [2.75, 3.05) is 6.54 Å². The maximum atomic E-state index is 12.6.